The molecule has 1 heterocycles. The zero-order valence-electron chi connectivity index (χ0n) is 28.6. The molecule has 1 spiro atoms. The van der Waals surface area contributed by atoms with Crippen LogP contribution in [0.25, 0.3) is 0 Å². The van der Waals surface area contributed by atoms with E-state index in [9.17, 15) is 19.2 Å². The van der Waals surface area contributed by atoms with Gasteiger partial charge >= 0.3 is 12.2 Å². The second-order valence-corrected chi connectivity index (χ2v) is 16.7. The van der Waals surface area contributed by atoms with E-state index in [0.717, 1.165) is 20.1 Å². The molecule has 2 amide bonds. The summed E-state index contributed by atoms with van der Waals surface area (Å²) in [6, 6.07) is 12.1. The number of fused-ring (bicyclic) bond motifs is 3. The maximum Gasteiger partial charge on any atom is 0.410 e. The average Bonchev–Trinajstić information content (AvgIpc) is 3.47. The SMILES string of the molecule is CC(C)(C)OC(=O)N(CCCl)CCCl.CC(C)(C)OC(=O)N1CCC2(CC1)C(=O)Cc1cc(Br)ccc12.O=C1Cc2ccc(Br)cc2C1. The second kappa shape index (κ2) is 17.2. The first-order chi connectivity index (χ1) is 22.4. The molecule has 2 aromatic carbocycles. The number of benzene rings is 2. The predicted octanol–water partition coefficient (Wildman–Crippen LogP) is 8.66. The number of likely N-dealkylation sites (tertiary alicyclic amines) is 1. The largest absolute Gasteiger partial charge is 0.444 e. The predicted molar refractivity (Wildman–Crippen MR) is 197 cm³/mol. The van der Waals surface area contributed by atoms with Gasteiger partial charge in [0.1, 0.15) is 22.8 Å². The van der Waals surface area contributed by atoms with Crippen molar-refractivity contribution in [3.63, 3.8) is 0 Å². The first-order valence-corrected chi connectivity index (χ1v) is 18.7. The number of piperidine rings is 1. The molecule has 0 aromatic heterocycles. The summed E-state index contributed by atoms with van der Waals surface area (Å²) < 4.78 is 12.7. The summed E-state index contributed by atoms with van der Waals surface area (Å²) in [6.07, 6.45) is 2.46. The summed E-state index contributed by atoms with van der Waals surface area (Å²) in [5.74, 6) is 1.39. The number of rotatable bonds is 4. The van der Waals surface area contributed by atoms with E-state index in [-0.39, 0.29) is 18.0 Å². The van der Waals surface area contributed by atoms with Crippen LogP contribution in [0.3, 0.4) is 0 Å². The van der Waals surface area contributed by atoms with Crippen LogP contribution < -0.4 is 0 Å². The molecule has 264 valence electrons. The summed E-state index contributed by atoms with van der Waals surface area (Å²) in [4.78, 5) is 50.6. The molecule has 0 atom stereocenters. The lowest BCUT2D eigenvalue weighted by atomic mass is 9.73. The van der Waals surface area contributed by atoms with Crippen LogP contribution in [-0.2, 0) is 43.7 Å². The zero-order chi connectivity index (χ0) is 35.9. The third-order valence-corrected chi connectivity index (χ3v) is 9.36. The normalized spacial score (nSPS) is 16.2. The molecular formula is C36H46Br2Cl2N2O6. The van der Waals surface area contributed by atoms with E-state index in [1.54, 1.807) is 4.90 Å². The number of alkyl halides is 2. The minimum atomic E-state index is -0.492. The molecule has 2 aromatic rings. The van der Waals surface area contributed by atoms with Gasteiger partial charge in [-0.25, -0.2) is 9.59 Å². The third-order valence-electron chi connectivity index (χ3n) is 8.04. The minimum absolute atomic E-state index is 0.283. The van der Waals surface area contributed by atoms with Gasteiger partial charge in [-0.15, -0.1) is 23.2 Å². The summed E-state index contributed by atoms with van der Waals surface area (Å²) >= 11 is 18.0. The van der Waals surface area contributed by atoms with Crippen molar-refractivity contribution in [3.05, 3.63) is 67.6 Å². The Labute approximate surface area is 311 Å². The highest BCUT2D eigenvalue weighted by Crippen LogP contribution is 2.44. The van der Waals surface area contributed by atoms with Crippen LogP contribution in [0.1, 0.15) is 76.6 Å². The minimum Gasteiger partial charge on any atom is -0.444 e. The average molecular weight is 833 g/mol. The third kappa shape index (κ3) is 11.5. The van der Waals surface area contributed by atoms with Crippen molar-refractivity contribution < 1.29 is 28.7 Å². The fourth-order valence-electron chi connectivity index (χ4n) is 5.86. The van der Waals surface area contributed by atoms with E-state index in [1.165, 1.54) is 16.0 Å². The zero-order valence-corrected chi connectivity index (χ0v) is 33.3. The Morgan fingerprint density at radius 3 is 1.85 bits per heavy atom. The lowest BCUT2D eigenvalue weighted by Crippen LogP contribution is -2.48. The maximum absolute atomic E-state index is 12.7. The van der Waals surface area contributed by atoms with Crippen molar-refractivity contribution in [3.8, 4) is 0 Å². The first-order valence-electron chi connectivity index (χ1n) is 16.1. The van der Waals surface area contributed by atoms with E-state index in [0.29, 0.717) is 75.8 Å². The number of ether oxygens (including phenoxy) is 2. The fraction of sp³-hybridized carbons (Fsp3) is 0.556. The summed E-state index contributed by atoms with van der Waals surface area (Å²) in [7, 11) is 0. The van der Waals surface area contributed by atoms with Gasteiger partial charge in [0.2, 0.25) is 0 Å². The van der Waals surface area contributed by atoms with Gasteiger partial charge in [-0.05, 0) is 101 Å². The first kappa shape index (κ1) is 40.3. The highest BCUT2D eigenvalue weighted by molar-refractivity contribution is 9.10. The summed E-state index contributed by atoms with van der Waals surface area (Å²) in [6.45, 7) is 13.1. The number of hydrogen-bond acceptors (Lipinski definition) is 6. The molecule has 12 heteroatoms. The Morgan fingerprint density at radius 1 is 0.792 bits per heavy atom. The van der Waals surface area contributed by atoms with Crippen LogP contribution in [0.2, 0.25) is 0 Å². The van der Waals surface area contributed by atoms with Crippen molar-refractivity contribution in [2.24, 2.45) is 0 Å². The molecule has 0 N–H and O–H groups in total. The number of carbonyl (C=O) groups excluding carboxylic acids is 4. The van der Waals surface area contributed by atoms with Gasteiger partial charge in [-0.3, -0.25) is 9.59 Å². The molecule has 0 bridgehead atoms. The van der Waals surface area contributed by atoms with Crippen molar-refractivity contribution in [2.45, 2.75) is 90.3 Å². The van der Waals surface area contributed by atoms with E-state index in [2.05, 4.69) is 37.9 Å². The summed E-state index contributed by atoms with van der Waals surface area (Å²) in [5.41, 5.74) is 3.27. The smallest absolute Gasteiger partial charge is 0.410 e. The Morgan fingerprint density at radius 2 is 1.31 bits per heavy atom. The molecule has 3 aliphatic rings. The van der Waals surface area contributed by atoms with Gasteiger partial charge in [0.05, 0.1) is 5.41 Å². The molecule has 8 nitrogen and oxygen atoms in total. The monoisotopic (exact) mass is 830 g/mol. The number of carbonyl (C=O) groups is 4. The standard InChI is InChI=1S/C18H22BrNO3.C9H7BrO.C9H17Cl2NO2/c1-17(2,3)23-16(22)20-8-6-18(7-9-20)14-5-4-13(19)10-12(14)11-15(18)21;10-8-2-1-6-4-9(11)5-7(6)3-8;1-9(2,3)14-8(13)12(6-4-10)7-5-11/h4-5,10H,6-9,11H2,1-3H3;1-3H,4-5H2;4-7H2,1-3H3. The molecule has 48 heavy (non-hydrogen) atoms. The number of Topliss-reactive ketones (excluding diaryl/α,β-unsaturated/α-hetero) is 2. The van der Waals surface area contributed by atoms with E-state index < -0.39 is 16.6 Å². The molecule has 1 aliphatic heterocycles. The topological polar surface area (TPSA) is 93.2 Å². The van der Waals surface area contributed by atoms with Crippen LogP contribution in [0.5, 0.6) is 0 Å². The van der Waals surface area contributed by atoms with Crippen molar-refractivity contribution >= 4 is 78.8 Å². The molecule has 2 aliphatic carbocycles. The van der Waals surface area contributed by atoms with Crippen LogP contribution in [0.4, 0.5) is 9.59 Å². The fourth-order valence-corrected chi connectivity index (χ4v) is 7.08. The van der Waals surface area contributed by atoms with Crippen molar-refractivity contribution in [2.75, 3.05) is 37.9 Å². The Kier molecular flexibility index (Phi) is 14.4. The molecule has 1 fully saturated rings. The van der Waals surface area contributed by atoms with Gasteiger partial charge in [0.25, 0.3) is 0 Å². The van der Waals surface area contributed by atoms with E-state index in [4.69, 9.17) is 32.7 Å². The highest BCUT2D eigenvalue weighted by atomic mass is 79.9. The maximum atomic E-state index is 12.7. The Balaban J connectivity index is 0.000000213. The number of hydrogen-bond donors (Lipinski definition) is 0. The van der Waals surface area contributed by atoms with E-state index >= 15 is 0 Å². The molecule has 1 saturated heterocycles. The summed E-state index contributed by atoms with van der Waals surface area (Å²) in [5, 5.41) is 0. The van der Waals surface area contributed by atoms with Crippen LogP contribution >= 0.6 is 55.1 Å². The van der Waals surface area contributed by atoms with Crippen LogP contribution in [0, 0.1) is 0 Å². The second-order valence-electron chi connectivity index (χ2n) is 14.1. The number of ketones is 2. The molecular weight excluding hydrogens is 787 g/mol. The van der Waals surface area contributed by atoms with Crippen molar-refractivity contribution in [1.29, 1.82) is 0 Å². The van der Waals surface area contributed by atoms with Crippen LogP contribution in [0.15, 0.2) is 45.3 Å². The van der Waals surface area contributed by atoms with Gasteiger partial charge in [-0.1, -0.05) is 44.0 Å². The van der Waals surface area contributed by atoms with Gasteiger partial charge in [0, 0.05) is 66.1 Å². The lowest BCUT2D eigenvalue weighted by molar-refractivity contribution is -0.124. The molecule has 5 rings (SSSR count). The van der Waals surface area contributed by atoms with Crippen LogP contribution in [-0.4, -0.2) is 82.7 Å². The van der Waals surface area contributed by atoms with Gasteiger partial charge < -0.3 is 19.3 Å². The van der Waals surface area contributed by atoms with Crippen molar-refractivity contribution in [1.82, 2.24) is 9.80 Å². The molecule has 0 unspecified atom stereocenters. The van der Waals surface area contributed by atoms with E-state index in [1.807, 2.05) is 71.9 Å². The molecule has 0 saturated carbocycles. The Bertz CT molecular complexity index is 1470. The number of nitrogens with zero attached hydrogens (tertiary/aromatic N) is 2. The quantitative estimate of drug-likeness (QED) is 0.287. The Hall–Kier alpha value is -2.14. The number of halogens is 4. The molecule has 0 radical (unpaired) electrons. The number of amides is 2. The van der Waals surface area contributed by atoms with Gasteiger partial charge in [0.15, 0.2) is 0 Å². The lowest BCUT2D eigenvalue weighted by Gasteiger charge is -2.39. The highest BCUT2D eigenvalue weighted by Gasteiger charge is 2.48. The van der Waals surface area contributed by atoms with Gasteiger partial charge in [-0.2, -0.15) is 0 Å².